The van der Waals surface area contributed by atoms with E-state index in [2.05, 4.69) is 12.2 Å². The second-order valence-corrected chi connectivity index (χ2v) is 8.09. The quantitative estimate of drug-likeness (QED) is 0.133. The fourth-order valence-electron chi connectivity index (χ4n) is 3.45. The Hall–Kier alpha value is -0.850. The fraction of sp³-hybridized carbons (Fsp3) is 0.870. The van der Waals surface area contributed by atoms with Crippen LogP contribution >= 0.6 is 0 Å². The van der Waals surface area contributed by atoms with Crippen molar-refractivity contribution in [2.24, 2.45) is 0 Å². The average molecular weight is 521 g/mol. The monoisotopic (exact) mass is 520 g/mol. The predicted octanol–water partition coefficient (Wildman–Crippen LogP) is 5.68. The SMILES string of the molecule is CCCCCCCCCCCCCCCCCC(=O)N[C@@H](CCC(=O)O)C(=O)O.[Ag]. The zero-order chi connectivity index (χ0) is 21.7. The van der Waals surface area contributed by atoms with Gasteiger partial charge in [0, 0.05) is 35.2 Å². The Morgan fingerprint density at radius 2 is 1.07 bits per heavy atom. The van der Waals surface area contributed by atoms with E-state index in [4.69, 9.17) is 10.2 Å². The van der Waals surface area contributed by atoms with Gasteiger partial charge >= 0.3 is 11.9 Å². The van der Waals surface area contributed by atoms with Gasteiger partial charge in [0.2, 0.25) is 5.91 Å². The summed E-state index contributed by atoms with van der Waals surface area (Å²) in [5.41, 5.74) is 0. The van der Waals surface area contributed by atoms with E-state index in [1.54, 1.807) is 0 Å². The number of rotatable bonds is 21. The van der Waals surface area contributed by atoms with Crippen molar-refractivity contribution < 1.29 is 47.0 Å². The van der Waals surface area contributed by atoms with Gasteiger partial charge in [0.1, 0.15) is 6.04 Å². The molecule has 0 heterocycles. The molecule has 0 aliphatic heterocycles. The molecule has 30 heavy (non-hydrogen) atoms. The normalized spacial score (nSPS) is 11.5. The average Bonchev–Trinajstić information content (AvgIpc) is 2.67. The van der Waals surface area contributed by atoms with Crippen LogP contribution in [0.4, 0.5) is 0 Å². The summed E-state index contributed by atoms with van der Waals surface area (Å²) in [6, 6.07) is -1.12. The maximum atomic E-state index is 11.8. The van der Waals surface area contributed by atoms with Crippen molar-refractivity contribution in [2.45, 2.75) is 129 Å². The largest absolute Gasteiger partial charge is 0.481 e. The van der Waals surface area contributed by atoms with Gasteiger partial charge in [-0.15, -0.1) is 0 Å². The first-order valence-corrected chi connectivity index (χ1v) is 11.7. The van der Waals surface area contributed by atoms with Crippen molar-refractivity contribution in [1.29, 1.82) is 0 Å². The van der Waals surface area contributed by atoms with Crippen LogP contribution in [0.15, 0.2) is 0 Å². The van der Waals surface area contributed by atoms with Gasteiger partial charge in [-0.25, -0.2) is 4.79 Å². The second kappa shape index (κ2) is 22.8. The van der Waals surface area contributed by atoms with E-state index in [1.165, 1.54) is 77.0 Å². The van der Waals surface area contributed by atoms with E-state index in [0.717, 1.165) is 19.3 Å². The summed E-state index contributed by atoms with van der Waals surface area (Å²) in [7, 11) is 0. The molecule has 0 bridgehead atoms. The molecule has 0 aliphatic carbocycles. The van der Waals surface area contributed by atoms with Gasteiger partial charge in [0.15, 0.2) is 0 Å². The summed E-state index contributed by atoms with van der Waals surface area (Å²) in [6.45, 7) is 2.25. The number of carbonyl (C=O) groups excluding carboxylic acids is 1. The third-order valence-corrected chi connectivity index (χ3v) is 5.29. The molecule has 0 rings (SSSR count). The molecule has 7 heteroatoms. The van der Waals surface area contributed by atoms with Gasteiger partial charge in [-0.1, -0.05) is 96.8 Å². The molecule has 3 N–H and O–H groups in total. The smallest absolute Gasteiger partial charge is 0.326 e. The minimum atomic E-state index is -1.18. The van der Waals surface area contributed by atoms with Crippen molar-refractivity contribution in [2.75, 3.05) is 0 Å². The topological polar surface area (TPSA) is 104 Å². The van der Waals surface area contributed by atoms with Crippen molar-refractivity contribution >= 4 is 17.8 Å². The first-order chi connectivity index (χ1) is 14.0. The number of hydrogen-bond acceptors (Lipinski definition) is 3. The maximum Gasteiger partial charge on any atom is 0.326 e. The van der Waals surface area contributed by atoms with Crippen molar-refractivity contribution in [3.63, 3.8) is 0 Å². The Morgan fingerprint density at radius 1 is 0.667 bits per heavy atom. The van der Waals surface area contributed by atoms with Crippen molar-refractivity contribution in [1.82, 2.24) is 5.32 Å². The third-order valence-electron chi connectivity index (χ3n) is 5.29. The Labute approximate surface area is 198 Å². The number of carboxylic acid groups (broad SMARTS) is 2. The summed E-state index contributed by atoms with van der Waals surface area (Å²) in [5, 5.41) is 20.1. The van der Waals surface area contributed by atoms with E-state index in [9.17, 15) is 14.4 Å². The van der Waals surface area contributed by atoms with Crippen LogP contribution in [0.2, 0.25) is 0 Å². The van der Waals surface area contributed by atoms with Crippen LogP contribution < -0.4 is 5.32 Å². The van der Waals surface area contributed by atoms with Gasteiger partial charge in [-0.2, -0.15) is 0 Å². The minimum absolute atomic E-state index is 0. The maximum absolute atomic E-state index is 11.8. The molecule has 0 saturated carbocycles. The Balaban J connectivity index is 0. The molecular formula is C23H43AgNO5. The molecule has 1 radical (unpaired) electrons. The first kappa shape index (κ1) is 31.3. The zero-order valence-electron chi connectivity index (χ0n) is 18.7. The molecule has 0 spiro atoms. The standard InChI is InChI=1S/C23H43NO5.Ag/c1-2-3-4-5-6-7-8-9-10-11-12-13-14-15-16-17-21(25)24-20(23(28)29)18-19-22(26)27;/h20H,2-19H2,1H3,(H,24,25)(H,26,27)(H,28,29);/t20-;/m0./s1. The molecule has 6 nitrogen and oxygen atoms in total. The van der Waals surface area contributed by atoms with Gasteiger partial charge < -0.3 is 15.5 Å². The first-order valence-electron chi connectivity index (χ1n) is 11.7. The van der Waals surface area contributed by atoms with Crippen LogP contribution in [0.1, 0.15) is 122 Å². The molecule has 0 unspecified atom stereocenters. The van der Waals surface area contributed by atoms with Crippen LogP contribution in [0.25, 0.3) is 0 Å². The number of hydrogen-bond donors (Lipinski definition) is 3. The molecule has 1 atom stereocenters. The summed E-state index contributed by atoms with van der Waals surface area (Å²) < 4.78 is 0. The molecule has 0 aliphatic rings. The number of unbranched alkanes of at least 4 members (excludes halogenated alkanes) is 14. The van der Waals surface area contributed by atoms with E-state index >= 15 is 0 Å². The summed E-state index contributed by atoms with van der Waals surface area (Å²) >= 11 is 0. The third kappa shape index (κ3) is 21.8. The number of carbonyl (C=O) groups is 3. The second-order valence-electron chi connectivity index (χ2n) is 8.09. The molecule has 0 aromatic heterocycles. The van der Waals surface area contributed by atoms with E-state index < -0.39 is 18.0 Å². The van der Waals surface area contributed by atoms with Crippen LogP contribution in [-0.2, 0) is 36.8 Å². The Kier molecular flexibility index (Phi) is 23.8. The van der Waals surface area contributed by atoms with Crippen molar-refractivity contribution in [3.8, 4) is 0 Å². The van der Waals surface area contributed by atoms with Gasteiger partial charge in [0.05, 0.1) is 0 Å². The number of aliphatic carboxylic acids is 2. The zero-order valence-corrected chi connectivity index (χ0v) is 20.2. The molecule has 0 aromatic carbocycles. The number of amides is 1. The molecule has 1 amide bonds. The molecule has 181 valence electrons. The van der Waals surface area contributed by atoms with Crippen LogP contribution in [0, 0.1) is 0 Å². The Bertz CT molecular complexity index is 445. The summed E-state index contributed by atoms with van der Waals surface area (Å²) in [5.74, 6) is -2.55. The van der Waals surface area contributed by atoms with Crippen LogP contribution in [0.3, 0.4) is 0 Å². The van der Waals surface area contributed by atoms with Crippen LogP contribution in [0.5, 0.6) is 0 Å². The van der Waals surface area contributed by atoms with E-state index in [0.29, 0.717) is 6.42 Å². The molecular weight excluding hydrogens is 478 g/mol. The van der Waals surface area contributed by atoms with E-state index in [-0.39, 0.29) is 41.1 Å². The van der Waals surface area contributed by atoms with Crippen molar-refractivity contribution in [3.05, 3.63) is 0 Å². The predicted molar refractivity (Wildman–Crippen MR) is 116 cm³/mol. The molecule has 0 fully saturated rings. The summed E-state index contributed by atoms with van der Waals surface area (Å²) in [4.78, 5) is 33.4. The Morgan fingerprint density at radius 3 is 1.43 bits per heavy atom. The summed E-state index contributed by atoms with van der Waals surface area (Å²) in [6.07, 6.45) is 18.8. The van der Waals surface area contributed by atoms with Gasteiger partial charge in [0.25, 0.3) is 0 Å². The fourth-order valence-corrected chi connectivity index (χ4v) is 3.45. The van der Waals surface area contributed by atoms with Gasteiger partial charge in [-0.3, -0.25) is 9.59 Å². The van der Waals surface area contributed by atoms with Crippen LogP contribution in [-0.4, -0.2) is 34.1 Å². The minimum Gasteiger partial charge on any atom is -0.481 e. The van der Waals surface area contributed by atoms with E-state index in [1.807, 2.05) is 0 Å². The number of nitrogens with one attached hydrogen (secondary N) is 1. The molecule has 0 aromatic rings. The number of carboxylic acids is 2. The van der Waals surface area contributed by atoms with Gasteiger partial charge in [-0.05, 0) is 12.8 Å². The molecule has 0 saturated heterocycles.